The first-order valence-electron chi connectivity index (χ1n) is 6.21. The number of amides is 1. The number of ether oxygens (including phenoxy) is 1. The first-order chi connectivity index (χ1) is 8.77. The molecule has 1 aromatic rings. The fraction of sp³-hybridized carbons (Fsp3) is 0.429. The fourth-order valence-electron chi connectivity index (χ4n) is 1.96. The summed E-state index contributed by atoms with van der Waals surface area (Å²) in [5.41, 5.74) is 0.673. The number of morpholine rings is 1. The van der Waals surface area contributed by atoms with E-state index in [1.54, 1.807) is 17.0 Å². The summed E-state index contributed by atoms with van der Waals surface area (Å²) in [5.74, 6) is 0.0693. The van der Waals surface area contributed by atoms with E-state index >= 15 is 0 Å². The number of ketones is 1. The van der Waals surface area contributed by atoms with Gasteiger partial charge >= 0.3 is 0 Å². The van der Waals surface area contributed by atoms with E-state index < -0.39 is 0 Å². The highest BCUT2D eigenvalue weighted by atomic mass is 16.5. The van der Waals surface area contributed by atoms with Gasteiger partial charge in [0.2, 0.25) is 5.91 Å². The van der Waals surface area contributed by atoms with Crippen LogP contribution in [-0.2, 0) is 9.53 Å². The molecule has 18 heavy (non-hydrogen) atoms. The van der Waals surface area contributed by atoms with Crippen molar-refractivity contribution in [3.05, 3.63) is 35.9 Å². The number of hydrogen-bond acceptors (Lipinski definition) is 3. The Kier molecular flexibility index (Phi) is 4.47. The minimum atomic E-state index is 0.0252. The van der Waals surface area contributed by atoms with Crippen LogP contribution in [0, 0.1) is 0 Å². The Morgan fingerprint density at radius 3 is 2.39 bits per heavy atom. The predicted octanol–water partition coefficient (Wildman–Crippen LogP) is 1.51. The molecule has 0 saturated carbocycles. The van der Waals surface area contributed by atoms with Crippen LogP contribution in [0.1, 0.15) is 23.2 Å². The van der Waals surface area contributed by atoms with Crippen LogP contribution in [0.15, 0.2) is 30.3 Å². The standard InChI is InChI=1S/C14H17NO3/c16-13(12-4-2-1-3-5-12)6-7-14(17)15-8-10-18-11-9-15/h1-5H,6-11H2. The van der Waals surface area contributed by atoms with Crippen molar-refractivity contribution in [3.63, 3.8) is 0 Å². The van der Waals surface area contributed by atoms with Crippen LogP contribution >= 0.6 is 0 Å². The van der Waals surface area contributed by atoms with Gasteiger partial charge < -0.3 is 9.64 Å². The van der Waals surface area contributed by atoms with Crippen molar-refractivity contribution in [2.24, 2.45) is 0 Å². The van der Waals surface area contributed by atoms with Crippen LogP contribution in [0.25, 0.3) is 0 Å². The summed E-state index contributed by atoms with van der Waals surface area (Å²) < 4.78 is 5.18. The first kappa shape index (κ1) is 12.8. The Morgan fingerprint density at radius 1 is 1.06 bits per heavy atom. The molecule has 4 nitrogen and oxygen atoms in total. The Labute approximate surface area is 107 Å². The third-order valence-corrected chi connectivity index (χ3v) is 3.03. The van der Waals surface area contributed by atoms with Crippen molar-refractivity contribution in [3.8, 4) is 0 Å². The third-order valence-electron chi connectivity index (χ3n) is 3.03. The predicted molar refractivity (Wildman–Crippen MR) is 67.4 cm³/mol. The van der Waals surface area contributed by atoms with E-state index in [-0.39, 0.29) is 24.5 Å². The second-order valence-electron chi connectivity index (χ2n) is 4.28. The van der Waals surface area contributed by atoms with E-state index in [1.807, 2.05) is 18.2 Å². The van der Waals surface area contributed by atoms with Crippen LogP contribution in [-0.4, -0.2) is 42.9 Å². The van der Waals surface area contributed by atoms with E-state index in [9.17, 15) is 9.59 Å². The van der Waals surface area contributed by atoms with E-state index in [1.165, 1.54) is 0 Å². The number of carbonyl (C=O) groups excluding carboxylic acids is 2. The molecule has 1 aliphatic rings. The average molecular weight is 247 g/mol. The van der Waals surface area contributed by atoms with Crippen LogP contribution in [0.2, 0.25) is 0 Å². The van der Waals surface area contributed by atoms with Gasteiger partial charge in [-0.3, -0.25) is 9.59 Å². The topological polar surface area (TPSA) is 46.6 Å². The molecule has 0 aliphatic carbocycles. The zero-order chi connectivity index (χ0) is 12.8. The highest BCUT2D eigenvalue weighted by Gasteiger charge is 2.17. The molecule has 0 unspecified atom stereocenters. The van der Waals surface area contributed by atoms with Crippen LogP contribution < -0.4 is 0 Å². The summed E-state index contributed by atoms with van der Waals surface area (Å²) in [6.45, 7) is 2.47. The fourth-order valence-corrected chi connectivity index (χ4v) is 1.96. The van der Waals surface area contributed by atoms with Gasteiger partial charge in [0.05, 0.1) is 13.2 Å². The quantitative estimate of drug-likeness (QED) is 0.758. The molecule has 1 aliphatic heterocycles. The monoisotopic (exact) mass is 247 g/mol. The van der Waals surface area contributed by atoms with Gasteiger partial charge in [0.15, 0.2) is 5.78 Å². The molecule has 4 heteroatoms. The molecule has 1 heterocycles. The highest BCUT2D eigenvalue weighted by Crippen LogP contribution is 2.07. The lowest BCUT2D eigenvalue weighted by molar-refractivity contribution is -0.135. The first-order valence-corrected chi connectivity index (χ1v) is 6.21. The van der Waals surface area contributed by atoms with Gasteiger partial charge in [-0.15, -0.1) is 0 Å². The molecule has 1 aromatic carbocycles. The number of hydrogen-bond donors (Lipinski definition) is 0. The summed E-state index contributed by atoms with van der Waals surface area (Å²) in [4.78, 5) is 25.5. The molecule has 0 N–H and O–H groups in total. The lowest BCUT2D eigenvalue weighted by Crippen LogP contribution is -2.40. The summed E-state index contributed by atoms with van der Waals surface area (Å²) in [6.07, 6.45) is 0.563. The lowest BCUT2D eigenvalue weighted by atomic mass is 10.1. The largest absolute Gasteiger partial charge is 0.378 e. The maximum absolute atomic E-state index is 11.9. The lowest BCUT2D eigenvalue weighted by Gasteiger charge is -2.26. The molecule has 1 saturated heterocycles. The van der Waals surface area contributed by atoms with Crippen molar-refractivity contribution in [1.29, 1.82) is 0 Å². The second-order valence-corrected chi connectivity index (χ2v) is 4.28. The van der Waals surface area contributed by atoms with Crippen molar-refractivity contribution >= 4 is 11.7 Å². The minimum absolute atomic E-state index is 0.0252. The van der Waals surface area contributed by atoms with Crippen LogP contribution in [0.3, 0.4) is 0 Å². The Hall–Kier alpha value is -1.68. The number of benzene rings is 1. The Bertz CT molecular complexity index is 410. The highest BCUT2D eigenvalue weighted by molar-refractivity contribution is 5.97. The van der Waals surface area contributed by atoms with Gasteiger partial charge in [0, 0.05) is 31.5 Å². The zero-order valence-corrected chi connectivity index (χ0v) is 10.3. The summed E-state index contributed by atoms with van der Waals surface area (Å²) in [7, 11) is 0. The molecule has 0 aromatic heterocycles. The van der Waals surface area contributed by atoms with E-state index in [2.05, 4.69) is 0 Å². The smallest absolute Gasteiger partial charge is 0.223 e. The van der Waals surface area contributed by atoms with Gasteiger partial charge in [0.25, 0.3) is 0 Å². The molecule has 1 fully saturated rings. The van der Waals surface area contributed by atoms with Crippen molar-refractivity contribution in [2.75, 3.05) is 26.3 Å². The van der Waals surface area contributed by atoms with E-state index in [0.717, 1.165) is 0 Å². The van der Waals surface area contributed by atoms with Gasteiger partial charge in [-0.2, -0.15) is 0 Å². The zero-order valence-electron chi connectivity index (χ0n) is 10.3. The van der Waals surface area contributed by atoms with Crippen molar-refractivity contribution < 1.29 is 14.3 Å². The molecular weight excluding hydrogens is 230 g/mol. The number of nitrogens with zero attached hydrogens (tertiary/aromatic N) is 1. The average Bonchev–Trinajstić information content (AvgIpc) is 2.46. The maximum atomic E-state index is 11.9. The van der Waals surface area contributed by atoms with Gasteiger partial charge in [0.1, 0.15) is 0 Å². The number of carbonyl (C=O) groups is 2. The Morgan fingerprint density at radius 2 is 1.72 bits per heavy atom. The summed E-state index contributed by atoms with van der Waals surface area (Å²) in [6, 6.07) is 9.09. The third kappa shape index (κ3) is 3.40. The molecule has 0 spiro atoms. The molecule has 0 bridgehead atoms. The van der Waals surface area contributed by atoms with E-state index in [4.69, 9.17) is 4.74 Å². The molecule has 0 radical (unpaired) electrons. The van der Waals surface area contributed by atoms with Crippen molar-refractivity contribution in [2.45, 2.75) is 12.8 Å². The molecule has 2 rings (SSSR count). The molecule has 96 valence electrons. The summed E-state index contributed by atoms with van der Waals surface area (Å²) >= 11 is 0. The molecule has 1 amide bonds. The minimum Gasteiger partial charge on any atom is -0.378 e. The van der Waals surface area contributed by atoms with Crippen LogP contribution in [0.4, 0.5) is 0 Å². The van der Waals surface area contributed by atoms with E-state index in [0.29, 0.717) is 31.9 Å². The summed E-state index contributed by atoms with van der Waals surface area (Å²) in [5, 5.41) is 0. The number of Topliss-reactive ketones (excluding diaryl/α,β-unsaturated/α-hetero) is 1. The molecule has 0 atom stereocenters. The van der Waals surface area contributed by atoms with Crippen LogP contribution in [0.5, 0.6) is 0 Å². The Balaban J connectivity index is 1.80. The maximum Gasteiger partial charge on any atom is 0.223 e. The number of rotatable bonds is 4. The van der Waals surface area contributed by atoms with Gasteiger partial charge in [-0.1, -0.05) is 30.3 Å². The van der Waals surface area contributed by atoms with Gasteiger partial charge in [-0.25, -0.2) is 0 Å². The SMILES string of the molecule is O=C(CCC(=O)N1CCOCC1)c1ccccc1. The second kappa shape index (κ2) is 6.31. The molecular formula is C14H17NO3. The van der Waals surface area contributed by atoms with Crippen molar-refractivity contribution in [1.82, 2.24) is 4.90 Å². The normalized spacial score (nSPS) is 15.4. The van der Waals surface area contributed by atoms with Gasteiger partial charge in [-0.05, 0) is 0 Å².